The van der Waals surface area contributed by atoms with Gasteiger partial charge in [0, 0.05) is 13.1 Å². The van der Waals surface area contributed by atoms with E-state index in [0.29, 0.717) is 24.8 Å². The van der Waals surface area contributed by atoms with Crippen molar-refractivity contribution in [2.45, 2.75) is 32.2 Å². The molecule has 26 heavy (non-hydrogen) atoms. The van der Waals surface area contributed by atoms with Crippen molar-refractivity contribution < 1.29 is 18.8 Å². The van der Waals surface area contributed by atoms with E-state index in [9.17, 15) is 4.79 Å². The molecule has 0 bridgehead atoms. The van der Waals surface area contributed by atoms with E-state index in [2.05, 4.69) is 20.4 Å². The molecule has 8 nitrogen and oxygen atoms in total. The third-order valence-electron chi connectivity index (χ3n) is 4.69. The first-order valence-electron chi connectivity index (χ1n) is 8.85. The Morgan fingerprint density at radius 1 is 1.35 bits per heavy atom. The van der Waals surface area contributed by atoms with E-state index in [-0.39, 0.29) is 18.6 Å². The number of carbonyl (C=O) groups is 1. The van der Waals surface area contributed by atoms with Gasteiger partial charge in [-0.3, -0.25) is 9.69 Å². The number of rotatable bonds is 5. The molecular weight excluding hydrogens is 336 g/mol. The van der Waals surface area contributed by atoms with E-state index in [1.54, 1.807) is 0 Å². The van der Waals surface area contributed by atoms with Gasteiger partial charge in [-0.1, -0.05) is 11.2 Å². The standard InChI is InChI=1S/C18H22N4O4/c1-12-20-18(26-21-12)14-3-2-6-22(9-14)10-17(23)19-8-13-4-5-15-16(7-13)25-11-24-15/h4-5,7,14H,2-3,6,8-11H2,1H3,(H,19,23). The van der Waals surface area contributed by atoms with Crippen molar-refractivity contribution in [2.75, 3.05) is 26.4 Å². The molecule has 0 spiro atoms. The summed E-state index contributed by atoms with van der Waals surface area (Å²) in [6, 6.07) is 5.70. The molecule has 1 atom stereocenters. The van der Waals surface area contributed by atoms with E-state index in [4.69, 9.17) is 14.0 Å². The van der Waals surface area contributed by atoms with Crippen molar-refractivity contribution in [1.29, 1.82) is 0 Å². The Labute approximate surface area is 151 Å². The zero-order chi connectivity index (χ0) is 17.9. The zero-order valence-electron chi connectivity index (χ0n) is 14.7. The molecule has 1 N–H and O–H groups in total. The first kappa shape index (κ1) is 16.8. The van der Waals surface area contributed by atoms with Crippen LogP contribution in [0.3, 0.4) is 0 Å². The maximum absolute atomic E-state index is 12.3. The van der Waals surface area contributed by atoms with Crippen LogP contribution in [0.5, 0.6) is 11.5 Å². The summed E-state index contributed by atoms with van der Waals surface area (Å²) in [6.07, 6.45) is 2.03. The fraction of sp³-hybridized carbons (Fsp3) is 0.500. The lowest BCUT2D eigenvalue weighted by Gasteiger charge is -2.30. The quantitative estimate of drug-likeness (QED) is 0.868. The van der Waals surface area contributed by atoms with E-state index in [0.717, 1.165) is 43.0 Å². The van der Waals surface area contributed by atoms with Crippen LogP contribution in [0, 0.1) is 6.92 Å². The van der Waals surface area contributed by atoms with Crippen LogP contribution in [-0.2, 0) is 11.3 Å². The third kappa shape index (κ3) is 3.80. The molecule has 1 unspecified atom stereocenters. The van der Waals surface area contributed by atoms with Gasteiger partial charge in [-0.15, -0.1) is 0 Å². The molecule has 8 heteroatoms. The number of likely N-dealkylation sites (tertiary alicyclic amines) is 1. The maximum atomic E-state index is 12.3. The summed E-state index contributed by atoms with van der Waals surface area (Å²) >= 11 is 0. The van der Waals surface area contributed by atoms with Crippen molar-refractivity contribution in [3.05, 3.63) is 35.5 Å². The number of amides is 1. The molecule has 3 heterocycles. The van der Waals surface area contributed by atoms with Crippen LogP contribution in [-0.4, -0.2) is 47.4 Å². The lowest BCUT2D eigenvalue weighted by atomic mass is 9.98. The monoisotopic (exact) mass is 358 g/mol. The lowest BCUT2D eigenvalue weighted by Crippen LogP contribution is -2.41. The summed E-state index contributed by atoms with van der Waals surface area (Å²) in [5, 5.41) is 6.83. The number of carbonyl (C=O) groups excluding carboxylic acids is 1. The molecule has 1 aromatic carbocycles. The number of piperidine rings is 1. The summed E-state index contributed by atoms with van der Waals surface area (Å²) in [4.78, 5) is 18.8. The predicted molar refractivity (Wildman–Crippen MR) is 91.9 cm³/mol. The molecule has 0 radical (unpaired) electrons. The molecule has 138 valence electrons. The predicted octanol–water partition coefficient (Wildman–Crippen LogP) is 1.60. The second kappa shape index (κ2) is 7.33. The molecule has 1 saturated heterocycles. The number of benzene rings is 1. The van der Waals surface area contributed by atoms with Gasteiger partial charge in [0.25, 0.3) is 0 Å². The van der Waals surface area contributed by atoms with Crippen molar-refractivity contribution in [3.8, 4) is 11.5 Å². The smallest absolute Gasteiger partial charge is 0.234 e. The van der Waals surface area contributed by atoms with Crippen molar-refractivity contribution >= 4 is 5.91 Å². The molecule has 0 saturated carbocycles. The summed E-state index contributed by atoms with van der Waals surface area (Å²) < 4.78 is 15.9. The lowest BCUT2D eigenvalue weighted by molar-refractivity contribution is -0.122. The molecule has 1 fully saturated rings. The second-order valence-electron chi connectivity index (χ2n) is 6.72. The summed E-state index contributed by atoms with van der Waals surface area (Å²) in [7, 11) is 0. The average molecular weight is 358 g/mol. The topological polar surface area (TPSA) is 89.7 Å². The van der Waals surface area contributed by atoms with Crippen molar-refractivity contribution in [1.82, 2.24) is 20.4 Å². The number of hydrogen-bond donors (Lipinski definition) is 1. The number of fused-ring (bicyclic) bond motifs is 1. The number of nitrogens with one attached hydrogen (secondary N) is 1. The molecule has 1 aromatic heterocycles. The highest BCUT2D eigenvalue weighted by Crippen LogP contribution is 2.32. The van der Waals surface area contributed by atoms with Crippen LogP contribution in [0.4, 0.5) is 0 Å². The van der Waals surface area contributed by atoms with Gasteiger partial charge in [-0.25, -0.2) is 0 Å². The van der Waals surface area contributed by atoms with E-state index in [1.807, 2.05) is 25.1 Å². The van der Waals surface area contributed by atoms with Gasteiger partial charge < -0.3 is 19.3 Å². The van der Waals surface area contributed by atoms with Gasteiger partial charge in [-0.05, 0) is 44.0 Å². The van der Waals surface area contributed by atoms with Gasteiger partial charge in [-0.2, -0.15) is 4.98 Å². The van der Waals surface area contributed by atoms with Crippen LogP contribution in [0.15, 0.2) is 22.7 Å². The van der Waals surface area contributed by atoms with Gasteiger partial charge >= 0.3 is 0 Å². The highest BCUT2D eigenvalue weighted by atomic mass is 16.7. The van der Waals surface area contributed by atoms with Crippen LogP contribution in [0.1, 0.15) is 36.0 Å². The number of ether oxygens (including phenoxy) is 2. The van der Waals surface area contributed by atoms with Gasteiger partial charge in [0.05, 0.1) is 12.5 Å². The summed E-state index contributed by atoms with van der Waals surface area (Å²) in [5.74, 6) is 3.00. The Balaban J connectivity index is 1.27. The van der Waals surface area contributed by atoms with Crippen LogP contribution >= 0.6 is 0 Å². The highest BCUT2D eigenvalue weighted by Gasteiger charge is 2.26. The Morgan fingerprint density at radius 2 is 2.23 bits per heavy atom. The van der Waals surface area contributed by atoms with E-state index < -0.39 is 0 Å². The third-order valence-corrected chi connectivity index (χ3v) is 4.69. The Hall–Kier alpha value is -2.61. The first-order valence-corrected chi connectivity index (χ1v) is 8.85. The van der Waals surface area contributed by atoms with Gasteiger partial charge in [0.2, 0.25) is 18.6 Å². The Morgan fingerprint density at radius 3 is 3.08 bits per heavy atom. The number of aryl methyl sites for hydroxylation is 1. The Bertz CT molecular complexity index is 791. The van der Waals surface area contributed by atoms with Crippen LogP contribution in [0.2, 0.25) is 0 Å². The van der Waals surface area contributed by atoms with Crippen LogP contribution in [0.25, 0.3) is 0 Å². The zero-order valence-corrected chi connectivity index (χ0v) is 14.7. The number of nitrogens with zero attached hydrogens (tertiary/aromatic N) is 3. The molecule has 2 aliphatic heterocycles. The normalized spacial score (nSPS) is 19.5. The number of aromatic nitrogens is 2. The van der Waals surface area contributed by atoms with Crippen molar-refractivity contribution in [2.24, 2.45) is 0 Å². The van der Waals surface area contributed by atoms with E-state index >= 15 is 0 Å². The minimum absolute atomic E-state index is 0.00465. The van der Waals surface area contributed by atoms with Gasteiger partial charge in [0.1, 0.15) is 0 Å². The SMILES string of the molecule is Cc1noc(C2CCCN(CC(=O)NCc3ccc4c(c3)OCO4)C2)n1. The second-order valence-corrected chi connectivity index (χ2v) is 6.72. The molecule has 0 aliphatic carbocycles. The molecule has 2 aromatic rings. The van der Waals surface area contributed by atoms with Crippen LogP contribution < -0.4 is 14.8 Å². The molecular formula is C18H22N4O4. The van der Waals surface area contributed by atoms with E-state index in [1.165, 1.54) is 0 Å². The minimum Gasteiger partial charge on any atom is -0.454 e. The highest BCUT2D eigenvalue weighted by molar-refractivity contribution is 5.78. The maximum Gasteiger partial charge on any atom is 0.234 e. The minimum atomic E-state index is 0.00465. The molecule has 4 rings (SSSR count). The fourth-order valence-electron chi connectivity index (χ4n) is 3.39. The Kier molecular flexibility index (Phi) is 4.75. The summed E-state index contributed by atoms with van der Waals surface area (Å²) in [6.45, 7) is 4.57. The van der Waals surface area contributed by atoms with Crippen molar-refractivity contribution in [3.63, 3.8) is 0 Å². The van der Waals surface area contributed by atoms with Gasteiger partial charge in [0.15, 0.2) is 17.3 Å². The largest absolute Gasteiger partial charge is 0.454 e. The average Bonchev–Trinajstić information content (AvgIpc) is 3.28. The fourth-order valence-corrected chi connectivity index (χ4v) is 3.39. The molecule has 1 amide bonds. The molecule has 2 aliphatic rings. The first-order chi connectivity index (χ1) is 12.7. The summed E-state index contributed by atoms with van der Waals surface area (Å²) in [5.41, 5.74) is 0.987. The number of hydrogen-bond acceptors (Lipinski definition) is 7.